The predicted molar refractivity (Wildman–Crippen MR) is 90.5 cm³/mol. The Labute approximate surface area is 138 Å². The van der Waals surface area contributed by atoms with Gasteiger partial charge in [0.1, 0.15) is 0 Å². The van der Waals surface area contributed by atoms with Gasteiger partial charge < -0.3 is 20.5 Å². The Balaban J connectivity index is 1.90. The summed E-state index contributed by atoms with van der Waals surface area (Å²) in [7, 11) is 0. The number of amides is 2. The summed E-state index contributed by atoms with van der Waals surface area (Å²) in [5.41, 5.74) is 1.17. The first-order valence-electron chi connectivity index (χ1n) is 8.49. The van der Waals surface area contributed by atoms with Crippen molar-refractivity contribution in [2.24, 2.45) is 0 Å². The van der Waals surface area contributed by atoms with Crippen LogP contribution in [0.15, 0.2) is 30.3 Å². The van der Waals surface area contributed by atoms with Gasteiger partial charge in [-0.25, -0.2) is 4.79 Å². The van der Waals surface area contributed by atoms with Crippen molar-refractivity contribution in [2.45, 2.75) is 44.1 Å². The van der Waals surface area contributed by atoms with Crippen molar-refractivity contribution in [3.63, 3.8) is 0 Å². The van der Waals surface area contributed by atoms with E-state index >= 15 is 0 Å². The van der Waals surface area contributed by atoms with Crippen LogP contribution in [0.5, 0.6) is 0 Å². The maximum atomic E-state index is 12.0. The number of ether oxygens (including phenoxy) is 1. The Morgan fingerprint density at radius 1 is 1.26 bits per heavy atom. The number of aliphatic hydroxyl groups excluding tert-OH is 1. The lowest BCUT2D eigenvalue weighted by atomic mass is 9.74. The lowest BCUT2D eigenvalue weighted by Crippen LogP contribution is -2.48. The first-order valence-corrected chi connectivity index (χ1v) is 8.49. The maximum Gasteiger partial charge on any atom is 0.314 e. The molecule has 1 fully saturated rings. The van der Waals surface area contributed by atoms with Crippen LogP contribution in [0.3, 0.4) is 0 Å². The molecule has 5 nitrogen and oxygen atoms in total. The quantitative estimate of drug-likeness (QED) is 0.721. The van der Waals surface area contributed by atoms with Crippen molar-refractivity contribution < 1.29 is 14.6 Å². The molecule has 2 rings (SSSR count). The van der Waals surface area contributed by atoms with Crippen LogP contribution in [-0.2, 0) is 10.2 Å². The first-order chi connectivity index (χ1) is 11.2. The van der Waals surface area contributed by atoms with Gasteiger partial charge in [-0.3, -0.25) is 0 Å². The normalized spacial score (nSPS) is 18.2. The molecule has 0 aliphatic carbocycles. The molecule has 0 saturated carbocycles. The molecule has 1 aromatic carbocycles. The Bertz CT molecular complexity index is 472. The Morgan fingerprint density at radius 2 is 1.96 bits per heavy atom. The monoisotopic (exact) mass is 320 g/mol. The molecule has 0 spiro atoms. The molecule has 1 atom stereocenters. The van der Waals surface area contributed by atoms with Gasteiger partial charge in [-0.1, -0.05) is 43.7 Å². The number of rotatable bonds is 7. The van der Waals surface area contributed by atoms with Gasteiger partial charge in [0.15, 0.2) is 0 Å². The van der Waals surface area contributed by atoms with Crippen molar-refractivity contribution in [3.8, 4) is 0 Å². The molecule has 1 unspecified atom stereocenters. The molecule has 1 aliphatic rings. The van der Waals surface area contributed by atoms with Crippen LogP contribution in [0, 0.1) is 0 Å². The van der Waals surface area contributed by atoms with E-state index in [1.54, 1.807) is 0 Å². The zero-order valence-corrected chi connectivity index (χ0v) is 13.9. The second-order valence-corrected chi connectivity index (χ2v) is 6.26. The van der Waals surface area contributed by atoms with E-state index in [1.807, 2.05) is 25.1 Å². The molecule has 1 aliphatic heterocycles. The minimum absolute atomic E-state index is 0.0706. The van der Waals surface area contributed by atoms with Crippen LogP contribution in [0.25, 0.3) is 0 Å². The fourth-order valence-electron chi connectivity index (χ4n) is 3.08. The van der Waals surface area contributed by atoms with E-state index in [2.05, 4.69) is 22.8 Å². The van der Waals surface area contributed by atoms with E-state index in [9.17, 15) is 9.90 Å². The van der Waals surface area contributed by atoms with Gasteiger partial charge in [0, 0.05) is 31.7 Å². The highest BCUT2D eigenvalue weighted by atomic mass is 16.5. The molecule has 128 valence electrons. The lowest BCUT2D eigenvalue weighted by molar-refractivity contribution is 0.0506. The summed E-state index contributed by atoms with van der Waals surface area (Å²) >= 11 is 0. The fourth-order valence-corrected chi connectivity index (χ4v) is 3.08. The third kappa shape index (κ3) is 5.22. The summed E-state index contributed by atoms with van der Waals surface area (Å²) in [6, 6.07) is 10.1. The Hall–Kier alpha value is -1.59. The van der Waals surface area contributed by atoms with Crippen LogP contribution >= 0.6 is 0 Å². The van der Waals surface area contributed by atoms with Crippen LogP contribution in [0.2, 0.25) is 0 Å². The third-order valence-corrected chi connectivity index (χ3v) is 4.54. The summed E-state index contributed by atoms with van der Waals surface area (Å²) in [5, 5.41) is 15.4. The van der Waals surface area contributed by atoms with Crippen LogP contribution in [0.1, 0.15) is 38.2 Å². The minimum Gasteiger partial charge on any atom is -0.391 e. The van der Waals surface area contributed by atoms with Gasteiger partial charge in [0.05, 0.1) is 6.10 Å². The van der Waals surface area contributed by atoms with Gasteiger partial charge in [0.2, 0.25) is 0 Å². The van der Waals surface area contributed by atoms with Gasteiger partial charge in [-0.15, -0.1) is 0 Å². The van der Waals surface area contributed by atoms with E-state index in [4.69, 9.17) is 4.74 Å². The van der Waals surface area contributed by atoms with Crippen molar-refractivity contribution in [1.82, 2.24) is 10.6 Å². The first kappa shape index (κ1) is 17.8. The summed E-state index contributed by atoms with van der Waals surface area (Å²) in [5.74, 6) is 0. The number of nitrogens with one attached hydrogen (secondary N) is 2. The molecule has 0 aromatic heterocycles. The molecule has 1 heterocycles. The van der Waals surface area contributed by atoms with Crippen LogP contribution in [-0.4, -0.2) is 43.5 Å². The maximum absolute atomic E-state index is 12.0. The predicted octanol–water partition coefficient (Wildman–Crippen LogP) is 2.20. The lowest BCUT2D eigenvalue weighted by Gasteiger charge is -2.38. The highest BCUT2D eigenvalue weighted by Crippen LogP contribution is 2.34. The number of benzene rings is 1. The van der Waals surface area contributed by atoms with E-state index in [0.29, 0.717) is 32.7 Å². The van der Waals surface area contributed by atoms with Gasteiger partial charge >= 0.3 is 6.03 Å². The Kier molecular flexibility index (Phi) is 6.86. The molecule has 0 radical (unpaired) electrons. The topological polar surface area (TPSA) is 70.6 Å². The average Bonchev–Trinajstić information content (AvgIpc) is 2.60. The standard InChI is InChI=1S/C18H28N2O3/c1-2-6-16(21)13-19-17(22)20-14-18(9-11-23-12-10-18)15-7-4-3-5-8-15/h3-5,7-8,16,21H,2,6,9-14H2,1H3,(H2,19,20,22). The summed E-state index contributed by atoms with van der Waals surface area (Å²) < 4.78 is 5.50. The SMILES string of the molecule is CCCC(O)CNC(=O)NCC1(c2ccccc2)CCOCC1. The molecule has 1 aromatic rings. The number of aliphatic hydroxyl groups is 1. The second kappa shape index (κ2) is 8.89. The number of carbonyl (C=O) groups is 1. The van der Waals surface area contributed by atoms with Gasteiger partial charge in [0.25, 0.3) is 0 Å². The summed E-state index contributed by atoms with van der Waals surface area (Å²) in [6.45, 7) is 4.32. The van der Waals surface area contributed by atoms with Crippen molar-refractivity contribution in [3.05, 3.63) is 35.9 Å². The summed E-state index contributed by atoms with van der Waals surface area (Å²) in [6.07, 6.45) is 2.93. The van der Waals surface area contributed by atoms with Crippen molar-refractivity contribution >= 4 is 6.03 Å². The van der Waals surface area contributed by atoms with E-state index in [1.165, 1.54) is 5.56 Å². The average molecular weight is 320 g/mol. The molecule has 5 heteroatoms. The second-order valence-electron chi connectivity index (χ2n) is 6.26. The number of hydrogen-bond acceptors (Lipinski definition) is 3. The van der Waals surface area contributed by atoms with Gasteiger partial charge in [-0.2, -0.15) is 0 Å². The zero-order chi connectivity index (χ0) is 16.5. The van der Waals surface area contributed by atoms with Crippen LogP contribution in [0.4, 0.5) is 4.79 Å². The number of carbonyl (C=O) groups excluding carboxylic acids is 1. The third-order valence-electron chi connectivity index (χ3n) is 4.54. The molecule has 0 bridgehead atoms. The molecular formula is C18H28N2O3. The largest absolute Gasteiger partial charge is 0.391 e. The summed E-state index contributed by atoms with van der Waals surface area (Å²) in [4.78, 5) is 12.0. The smallest absolute Gasteiger partial charge is 0.314 e. The highest BCUT2D eigenvalue weighted by molar-refractivity contribution is 5.74. The molecular weight excluding hydrogens is 292 g/mol. The number of urea groups is 1. The zero-order valence-electron chi connectivity index (χ0n) is 13.9. The molecule has 1 saturated heterocycles. The van der Waals surface area contributed by atoms with E-state index in [-0.39, 0.29) is 11.4 Å². The van der Waals surface area contributed by atoms with Crippen molar-refractivity contribution in [1.29, 1.82) is 0 Å². The fraction of sp³-hybridized carbons (Fsp3) is 0.611. The minimum atomic E-state index is -0.475. The number of hydrogen-bond donors (Lipinski definition) is 3. The van der Waals surface area contributed by atoms with Crippen LogP contribution < -0.4 is 10.6 Å². The van der Waals surface area contributed by atoms with Gasteiger partial charge in [-0.05, 0) is 24.8 Å². The van der Waals surface area contributed by atoms with Crippen molar-refractivity contribution in [2.75, 3.05) is 26.3 Å². The molecule has 2 amide bonds. The van der Waals surface area contributed by atoms with E-state index in [0.717, 1.165) is 19.3 Å². The highest BCUT2D eigenvalue weighted by Gasteiger charge is 2.34. The Morgan fingerprint density at radius 3 is 2.61 bits per heavy atom. The van der Waals surface area contributed by atoms with E-state index < -0.39 is 6.10 Å². The molecule has 3 N–H and O–H groups in total. The molecule has 23 heavy (non-hydrogen) atoms.